The van der Waals surface area contributed by atoms with Crippen LogP contribution in [0, 0.1) is 11.2 Å². The molecule has 5 heteroatoms. The number of hydrogen-bond acceptors (Lipinski definition) is 3. The molecule has 0 fully saturated rings. The summed E-state index contributed by atoms with van der Waals surface area (Å²) in [5, 5.41) is 7.25. The number of hydrogen-bond donors (Lipinski definition) is 2. The Balaban J connectivity index is 2.27. The minimum Gasteiger partial charge on any atom is -0.398 e. The van der Waals surface area contributed by atoms with Crippen LogP contribution in [0.1, 0.15) is 11.1 Å². The zero-order valence-corrected chi connectivity index (χ0v) is 10.7. The second kappa shape index (κ2) is 5.63. The number of rotatable bonds is 3. The fourth-order valence-electron chi connectivity index (χ4n) is 1.51. The van der Waals surface area contributed by atoms with Crippen molar-refractivity contribution in [3.8, 4) is 0 Å². The van der Waals surface area contributed by atoms with Crippen molar-refractivity contribution in [2.24, 2.45) is 4.99 Å². The Morgan fingerprint density at radius 2 is 2.00 bits per heavy atom. The second-order valence-corrected chi connectivity index (χ2v) is 4.30. The van der Waals surface area contributed by atoms with E-state index in [1.54, 1.807) is 24.4 Å². The van der Waals surface area contributed by atoms with Gasteiger partial charge in [0.2, 0.25) is 0 Å². The van der Waals surface area contributed by atoms with Crippen LogP contribution in [0.4, 0.5) is 15.8 Å². The maximum absolute atomic E-state index is 13.0. The molecule has 0 aliphatic carbocycles. The van der Waals surface area contributed by atoms with Gasteiger partial charge in [0.05, 0.1) is 10.7 Å². The van der Waals surface area contributed by atoms with E-state index in [1.165, 1.54) is 24.4 Å². The van der Waals surface area contributed by atoms with E-state index >= 15 is 0 Å². The smallest absolute Gasteiger partial charge is 0.141 e. The lowest BCUT2D eigenvalue weighted by Crippen LogP contribution is -1.94. The van der Waals surface area contributed by atoms with Crippen LogP contribution in [0.25, 0.3) is 0 Å². The van der Waals surface area contributed by atoms with Gasteiger partial charge in [-0.25, -0.2) is 4.39 Å². The largest absolute Gasteiger partial charge is 0.398 e. The lowest BCUT2D eigenvalue weighted by molar-refractivity contribution is 0.628. The molecule has 2 aromatic rings. The first-order valence-corrected chi connectivity index (χ1v) is 5.87. The van der Waals surface area contributed by atoms with E-state index in [0.29, 0.717) is 16.9 Å². The van der Waals surface area contributed by atoms with Crippen LogP contribution < -0.4 is 5.73 Å². The quantitative estimate of drug-likeness (QED) is 0.649. The molecule has 0 aliphatic rings. The summed E-state index contributed by atoms with van der Waals surface area (Å²) in [5.41, 5.74) is 8.21. The number of benzene rings is 2. The van der Waals surface area contributed by atoms with Crippen molar-refractivity contribution in [3.63, 3.8) is 0 Å². The minimum absolute atomic E-state index is 0.0344. The number of anilines is 1. The van der Waals surface area contributed by atoms with Crippen LogP contribution in [0.15, 0.2) is 41.4 Å². The topological polar surface area (TPSA) is 62.2 Å². The predicted octanol–water partition coefficient (Wildman–Crippen LogP) is 3.81. The molecule has 0 saturated carbocycles. The van der Waals surface area contributed by atoms with Gasteiger partial charge in [0.25, 0.3) is 0 Å². The van der Waals surface area contributed by atoms with Crippen LogP contribution in [-0.2, 0) is 0 Å². The molecule has 2 rings (SSSR count). The Kier molecular flexibility index (Phi) is 3.92. The summed E-state index contributed by atoms with van der Waals surface area (Å²) in [5.74, 6) is -0.473. The van der Waals surface area contributed by atoms with Gasteiger partial charge in [-0.3, -0.25) is 4.99 Å². The summed E-state index contributed by atoms with van der Waals surface area (Å²) >= 11 is 5.67. The average molecular weight is 276 g/mol. The molecular weight excluding hydrogens is 265 g/mol. The Morgan fingerprint density at radius 3 is 2.68 bits per heavy atom. The average Bonchev–Trinajstić information content (AvgIpc) is 2.41. The predicted molar refractivity (Wildman–Crippen MR) is 77.4 cm³/mol. The molecule has 3 nitrogen and oxygen atoms in total. The van der Waals surface area contributed by atoms with Crippen molar-refractivity contribution in [2.75, 3.05) is 5.73 Å². The fourth-order valence-corrected chi connectivity index (χ4v) is 1.69. The Morgan fingerprint density at radius 1 is 1.21 bits per heavy atom. The van der Waals surface area contributed by atoms with Crippen molar-refractivity contribution in [1.29, 1.82) is 5.41 Å². The third kappa shape index (κ3) is 3.17. The van der Waals surface area contributed by atoms with Gasteiger partial charge >= 0.3 is 0 Å². The molecule has 96 valence electrons. The van der Waals surface area contributed by atoms with E-state index < -0.39 is 5.82 Å². The van der Waals surface area contributed by atoms with Gasteiger partial charge in [-0.05, 0) is 35.9 Å². The number of nitrogens with zero attached hydrogens (tertiary/aromatic N) is 1. The Hall–Kier alpha value is -2.20. The maximum atomic E-state index is 13.0. The third-order valence-corrected chi connectivity index (χ3v) is 2.82. The Bertz CT molecular complexity index is 653. The normalized spacial score (nSPS) is 10.8. The number of nitrogens with one attached hydrogen (secondary N) is 1. The molecule has 0 unspecified atom stereocenters. The lowest BCUT2D eigenvalue weighted by atomic mass is 10.1. The van der Waals surface area contributed by atoms with E-state index in [1.807, 2.05) is 0 Å². The first-order valence-electron chi connectivity index (χ1n) is 5.49. The molecular formula is C14H11ClFN3. The summed E-state index contributed by atoms with van der Waals surface area (Å²) < 4.78 is 13.0. The SMILES string of the molecule is N=Cc1cc(C=Nc2ccc(F)c(Cl)c2)ccc1N. The van der Waals surface area contributed by atoms with Crippen LogP contribution in [0.5, 0.6) is 0 Å². The molecule has 2 aromatic carbocycles. The van der Waals surface area contributed by atoms with Gasteiger partial charge < -0.3 is 11.1 Å². The third-order valence-electron chi connectivity index (χ3n) is 2.53. The summed E-state index contributed by atoms with van der Waals surface area (Å²) in [6.07, 6.45) is 2.79. The number of halogens is 2. The van der Waals surface area contributed by atoms with E-state index in [-0.39, 0.29) is 5.02 Å². The summed E-state index contributed by atoms with van der Waals surface area (Å²) in [6, 6.07) is 9.49. The number of nitrogens with two attached hydrogens (primary N) is 1. The maximum Gasteiger partial charge on any atom is 0.141 e. The lowest BCUT2D eigenvalue weighted by Gasteiger charge is -2.01. The molecule has 0 saturated heterocycles. The molecule has 0 amide bonds. The number of aliphatic imine (C=N–C) groups is 1. The molecule has 3 N–H and O–H groups in total. The van der Waals surface area contributed by atoms with Gasteiger partial charge in [-0.15, -0.1) is 0 Å². The monoisotopic (exact) mass is 275 g/mol. The minimum atomic E-state index is -0.473. The zero-order chi connectivity index (χ0) is 13.8. The van der Waals surface area contributed by atoms with E-state index in [0.717, 1.165) is 5.56 Å². The molecule has 0 bridgehead atoms. The van der Waals surface area contributed by atoms with Gasteiger partial charge in [0, 0.05) is 23.7 Å². The van der Waals surface area contributed by atoms with Gasteiger partial charge in [-0.1, -0.05) is 17.7 Å². The molecule has 0 radical (unpaired) electrons. The van der Waals surface area contributed by atoms with Crippen molar-refractivity contribution < 1.29 is 4.39 Å². The zero-order valence-electron chi connectivity index (χ0n) is 9.90. The molecule has 0 atom stereocenters. The summed E-state index contributed by atoms with van der Waals surface area (Å²) in [6.45, 7) is 0. The van der Waals surface area contributed by atoms with Crippen LogP contribution >= 0.6 is 11.6 Å². The van der Waals surface area contributed by atoms with E-state index in [2.05, 4.69) is 4.99 Å². The summed E-state index contributed by atoms with van der Waals surface area (Å²) in [7, 11) is 0. The highest BCUT2D eigenvalue weighted by Gasteiger charge is 2.00. The van der Waals surface area contributed by atoms with Crippen molar-refractivity contribution in [2.45, 2.75) is 0 Å². The fraction of sp³-hybridized carbons (Fsp3) is 0. The highest BCUT2D eigenvalue weighted by atomic mass is 35.5. The van der Waals surface area contributed by atoms with Gasteiger partial charge in [0.1, 0.15) is 5.82 Å². The first-order chi connectivity index (χ1) is 9.10. The molecule has 19 heavy (non-hydrogen) atoms. The van der Waals surface area contributed by atoms with Crippen LogP contribution in [0.2, 0.25) is 5.02 Å². The summed E-state index contributed by atoms with van der Waals surface area (Å²) in [4.78, 5) is 4.19. The Labute approximate surface area is 115 Å². The molecule has 0 heterocycles. The molecule has 0 aromatic heterocycles. The second-order valence-electron chi connectivity index (χ2n) is 3.89. The highest BCUT2D eigenvalue weighted by Crippen LogP contribution is 2.21. The molecule has 0 aliphatic heterocycles. The highest BCUT2D eigenvalue weighted by molar-refractivity contribution is 6.31. The van der Waals surface area contributed by atoms with Crippen LogP contribution in [-0.4, -0.2) is 12.4 Å². The van der Waals surface area contributed by atoms with Crippen LogP contribution in [0.3, 0.4) is 0 Å². The van der Waals surface area contributed by atoms with Gasteiger partial charge in [0.15, 0.2) is 0 Å². The van der Waals surface area contributed by atoms with E-state index in [4.69, 9.17) is 22.7 Å². The number of nitrogen functional groups attached to an aromatic ring is 1. The standard InChI is InChI=1S/C14H11ClFN3/c15-12-6-11(2-3-13(12)16)19-8-9-1-4-14(18)10(5-9)7-17/h1-8,17H,18H2. The van der Waals surface area contributed by atoms with Crippen molar-refractivity contribution in [3.05, 3.63) is 58.4 Å². The first kappa shape index (κ1) is 13.2. The molecule has 0 spiro atoms. The van der Waals surface area contributed by atoms with Gasteiger partial charge in [-0.2, -0.15) is 0 Å². The van der Waals surface area contributed by atoms with E-state index in [9.17, 15) is 4.39 Å². The van der Waals surface area contributed by atoms with Crippen molar-refractivity contribution in [1.82, 2.24) is 0 Å². The van der Waals surface area contributed by atoms with Crippen molar-refractivity contribution >= 4 is 35.4 Å².